The van der Waals surface area contributed by atoms with Crippen LogP contribution in [0.2, 0.25) is 0 Å². The van der Waals surface area contributed by atoms with Gasteiger partial charge < -0.3 is 14.8 Å². The Morgan fingerprint density at radius 3 is 2.60 bits per heavy atom. The van der Waals surface area contributed by atoms with Gasteiger partial charge in [0.25, 0.3) is 5.91 Å². The van der Waals surface area contributed by atoms with Crippen LogP contribution in [0.3, 0.4) is 0 Å². The lowest BCUT2D eigenvalue weighted by molar-refractivity contribution is -0.139. The summed E-state index contributed by atoms with van der Waals surface area (Å²) >= 11 is 0. The largest absolute Gasteiger partial charge is 0.480 e. The van der Waals surface area contributed by atoms with Gasteiger partial charge in [-0.2, -0.15) is 0 Å². The first-order valence-corrected chi connectivity index (χ1v) is 8.20. The number of furan rings is 1. The minimum absolute atomic E-state index is 0.0272. The van der Waals surface area contributed by atoms with Gasteiger partial charge in [0, 0.05) is 24.8 Å². The molecule has 0 saturated heterocycles. The molecule has 2 aromatic rings. The van der Waals surface area contributed by atoms with Gasteiger partial charge in [0.2, 0.25) is 0 Å². The molecule has 1 atom stereocenters. The van der Waals surface area contributed by atoms with Gasteiger partial charge >= 0.3 is 5.97 Å². The van der Waals surface area contributed by atoms with Crippen molar-refractivity contribution in [3.8, 4) is 0 Å². The molecule has 0 aliphatic heterocycles. The molecular formula is C19H19NO5. The Labute approximate surface area is 144 Å². The monoisotopic (exact) mass is 341 g/mol. The van der Waals surface area contributed by atoms with Crippen LogP contribution in [0, 0.1) is 6.92 Å². The van der Waals surface area contributed by atoms with Crippen molar-refractivity contribution in [1.29, 1.82) is 0 Å². The topological polar surface area (TPSA) is 96.6 Å². The van der Waals surface area contributed by atoms with E-state index in [1.54, 1.807) is 19.1 Å². The molecule has 130 valence electrons. The Morgan fingerprint density at radius 1 is 1.24 bits per heavy atom. The van der Waals surface area contributed by atoms with Crippen LogP contribution in [-0.2, 0) is 17.6 Å². The van der Waals surface area contributed by atoms with Gasteiger partial charge in [0.05, 0.1) is 5.56 Å². The quantitative estimate of drug-likeness (QED) is 0.871. The first kappa shape index (κ1) is 17.0. The Balaban J connectivity index is 1.80. The number of carbonyl (C=O) groups excluding carboxylic acids is 2. The molecular weight excluding hydrogens is 322 g/mol. The SMILES string of the molecule is Cc1c(C(=O)NC(Cc2ccccc2)C(=O)O)oc2c1C(=O)CCC2. The normalized spacial score (nSPS) is 14.7. The number of benzene rings is 1. The van der Waals surface area contributed by atoms with Crippen molar-refractivity contribution in [2.75, 3.05) is 0 Å². The Bertz CT molecular complexity index is 822. The summed E-state index contributed by atoms with van der Waals surface area (Å²) in [6, 6.07) is 7.99. The fourth-order valence-electron chi connectivity index (χ4n) is 3.14. The minimum atomic E-state index is -1.12. The van der Waals surface area contributed by atoms with Crippen molar-refractivity contribution >= 4 is 17.7 Å². The van der Waals surface area contributed by atoms with E-state index >= 15 is 0 Å². The van der Waals surface area contributed by atoms with E-state index in [9.17, 15) is 19.5 Å². The molecule has 1 aliphatic carbocycles. The van der Waals surface area contributed by atoms with Crippen LogP contribution in [0.4, 0.5) is 0 Å². The third-order valence-electron chi connectivity index (χ3n) is 4.40. The number of fused-ring (bicyclic) bond motifs is 1. The summed E-state index contributed by atoms with van der Waals surface area (Å²) < 4.78 is 5.57. The van der Waals surface area contributed by atoms with Crippen molar-refractivity contribution in [1.82, 2.24) is 5.32 Å². The van der Waals surface area contributed by atoms with Gasteiger partial charge in [0.1, 0.15) is 11.8 Å². The summed E-state index contributed by atoms with van der Waals surface area (Å²) in [5.41, 5.74) is 1.77. The second kappa shape index (κ2) is 6.93. The van der Waals surface area contributed by atoms with E-state index in [2.05, 4.69) is 5.32 Å². The summed E-state index contributed by atoms with van der Waals surface area (Å²) in [6.07, 6.45) is 1.92. The van der Waals surface area contributed by atoms with Crippen LogP contribution in [-0.4, -0.2) is 28.8 Å². The highest BCUT2D eigenvalue weighted by molar-refractivity contribution is 6.04. The molecule has 0 radical (unpaired) electrons. The lowest BCUT2D eigenvalue weighted by atomic mass is 9.94. The molecule has 0 fully saturated rings. The van der Waals surface area contributed by atoms with Crippen molar-refractivity contribution in [3.05, 3.63) is 58.5 Å². The molecule has 1 unspecified atom stereocenters. The van der Waals surface area contributed by atoms with E-state index in [0.29, 0.717) is 36.1 Å². The summed E-state index contributed by atoms with van der Waals surface area (Å²) in [4.78, 5) is 36.0. The molecule has 3 rings (SSSR count). The predicted octanol–water partition coefficient (Wildman–Crippen LogP) is 2.53. The lowest BCUT2D eigenvalue weighted by Gasteiger charge is -2.14. The number of rotatable bonds is 5. The van der Waals surface area contributed by atoms with Gasteiger partial charge in [-0.05, 0) is 18.9 Å². The average molecular weight is 341 g/mol. The van der Waals surface area contributed by atoms with E-state index in [0.717, 1.165) is 5.56 Å². The number of carboxylic acid groups (broad SMARTS) is 1. The highest BCUT2D eigenvalue weighted by Gasteiger charge is 2.30. The van der Waals surface area contributed by atoms with Crippen LogP contribution in [0.25, 0.3) is 0 Å². The number of carboxylic acids is 1. The third-order valence-corrected chi connectivity index (χ3v) is 4.40. The molecule has 0 spiro atoms. The Morgan fingerprint density at radius 2 is 1.96 bits per heavy atom. The van der Waals surface area contributed by atoms with Crippen LogP contribution < -0.4 is 5.32 Å². The Hall–Kier alpha value is -2.89. The van der Waals surface area contributed by atoms with Gasteiger partial charge in [0.15, 0.2) is 11.5 Å². The predicted molar refractivity (Wildman–Crippen MR) is 89.7 cm³/mol. The average Bonchev–Trinajstić information content (AvgIpc) is 2.93. The highest BCUT2D eigenvalue weighted by Crippen LogP contribution is 2.29. The van der Waals surface area contributed by atoms with Gasteiger partial charge in [-0.3, -0.25) is 9.59 Å². The maximum Gasteiger partial charge on any atom is 0.326 e. The summed E-state index contributed by atoms with van der Waals surface area (Å²) in [5, 5.41) is 11.9. The zero-order valence-corrected chi connectivity index (χ0v) is 13.9. The molecule has 25 heavy (non-hydrogen) atoms. The molecule has 1 aromatic carbocycles. The molecule has 6 nitrogen and oxygen atoms in total. The van der Waals surface area contributed by atoms with Crippen LogP contribution in [0.15, 0.2) is 34.7 Å². The van der Waals surface area contributed by atoms with Crippen LogP contribution >= 0.6 is 0 Å². The number of nitrogens with one attached hydrogen (secondary N) is 1. The first-order valence-electron chi connectivity index (χ1n) is 8.20. The maximum absolute atomic E-state index is 12.5. The van der Waals surface area contributed by atoms with Gasteiger partial charge in [-0.25, -0.2) is 4.79 Å². The van der Waals surface area contributed by atoms with Crippen molar-refractivity contribution in [2.24, 2.45) is 0 Å². The molecule has 2 N–H and O–H groups in total. The zero-order chi connectivity index (χ0) is 18.0. The van der Waals surface area contributed by atoms with Gasteiger partial charge in [-0.1, -0.05) is 30.3 Å². The Kier molecular flexibility index (Phi) is 4.70. The fourth-order valence-corrected chi connectivity index (χ4v) is 3.14. The molecule has 0 bridgehead atoms. The lowest BCUT2D eigenvalue weighted by Crippen LogP contribution is -2.42. The standard InChI is InChI=1S/C19H19NO5/c1-11-16-14(21)8-5-9-15(16)25-17(11)18(22)20-13(19(23)24)10-12-6-3-2-4-7-12/h2-4,6-7,13H,5,8-10H2,1H3,(H,20,22)(H,23,24). The number of aryl methyl sites for hydroxylation is 1. The molecule has 1 aliphatic rings. The number of aliphatic carboxylic acids is 1. The first-order chi connectivity index (χ1) is 12.0. The van der Waals surface area contributed by atoms with Crippen molar-refractivity contribution in [2.45, 2.75) is 38.6 Å². The number of amides is 1. The van der Waals surface area contributed by atoms with Crippen LogP contribution in [0.5, 0.6) is 0 Å². The van der Waals surface area contributed by atoms with Crippen molar-refractivity contribution in [3.63, 3.8) is 0 Å². The van der Waals surface area contributed by atoms with Crippen LogP contribution in [0.1, 0.15) is 50.6 Å². The number of carbonyl (C=O) groups is 3. The number of Topliss-reactive ketones (excluding diaryl/α,β-unsaturated/α-hetero) is 1. The van der Waals surface area contributed by atoms with Crippen molar-refractivity contribution < 1.29 is 23.9 Å². The zero-order valence-electron chi connectivity index (χ0n) is 13.9. The minimum Gasteiger partial charge on any atom is -0.480 e. The molecule has 0 saturated carbocycles. The summed E-state index contributed by atoms with van der Waals surface area (Å²) in [7, 11) is 0. The molecule has 6 heteroatoms. The number of hydrogen-bond donors (Lipinski definition) is 2. The molecule has 1 aromatic heterocycles. The number of hydrogen-bond acceptors (Lipinski definition) is 4. The van der Waals surface area contributed by atoms with E-state index in [4.69, 9.17) is 4.42 Å². The van der Waals surface area contributed by atoms with E-state index in [1.165, 1.54) is 0 Å². The van der Waals surface area contributed by atoms with E-state index in [-0.39, 0.29) is 18.0 Å². The van der Waals surface area contributed by atoms with Gasteiger partial charge in [-0.15, -0.1) is 0 Å². The second-order valence-electron chi connectivity index (χ2n) is 6.19. The highest BCUT2D eigenvalue weighted by atomic mass is 16.4. The second-order valence-corrected chi connectivity index (χ2v) is 6.19. The summed E-state index contributed by atoms with van der Waals surface area (Å²) in [5.74, 6) is -1.21. The third kappa shape index (κ3) is 3.47. The molecule has 1 amide bonds. The smallest absolute Gasteiger partial charge is 0.326 e. The summed E-state index contributed by atoms with van der Waals surface area (Å²) in [6.45, 7) is 1.66. The van der Waals surface area contributed by atoms with E-state index < -0.39 is 17.9 Å². The fraction of sp³-hybridized carbons (Fsp3) is 0.316. The maximum atomic E-state index is 12.5. The number of ketones is 1. The molecule has 1 heterocycles. The van der Waals surface area contributed by atoms with E-state index in [1.807, 2.05) is 18.2 Å².